The molecule has 1 saturated heterocycles. The standard InChI is InChI=1S/C23H23FN6O4/c24-16-1-2-20-18(11-16)21(28-23(32)34-20)27-12-17(31)14-30(33)9-7-29(8-10-30)22-19-13-25-5-3-15(19)4-6-26-22/h1-6,11,13,17,31H,7-10,12,14H2,(H,27,28,32). The zero-order valence-electron chi connectivity index (χ0n) is 18.2. The first-order valence-electron chi connectivity index (χ1n) is 10.9. The van der Waals surface area contributed by atoms with Crippen LogP contribution in [0.2, 0.25) is 0 Å². The molecular formula is C23H23FN6O4. The summed E-state index contributed by atoms with van der Waals surface area (Å²) in [6, 6.07) is 7.56. The summed E-state index contributed by atoms with van der Waals surface area (Å²) in [7, 11) is 0. The van der Waals surface area contributed by atoms with Crippen LogP contribution in [0.3, 0.4) is 0 Å². The summed E-state index contributed by atoms with van der Waals surface area (Å²) in [5.74, 6) is -0.447. The molecule has 4 aromatic rings. The van der Waals surface area contributed by atoms with Gasteiger partial charge in [-0.2, -0.15) is 4.98 Å². The molecule has 3 aromatic heterocycles. The molecule has 1 unspecified atom stereocenters. The molecule has 1 fully saturated rings. The SMILES string of the molecule is O=c1nc(NCC(O)C[N+]2([O-])CCN(c3nccc4ccncc34)CC2)c2cc(F)ccc2o1. The second-order valence-electron chi connectivity index (χ2n) is 8.41. The van der Waals surface area contributed by atoms with Crippen molar-refractivity contribution in [1.82, 2.24) is 15.0 Å². The summed E-state index contributed by atoms with van der Waals surface area (Å²) >= 11 is 0. The van der Waals surface area contributed by atoms with Gasteiger partial charge in [-0.25, -0.2) is 14.2 Å². The average molecular weight is 466 g/mol. The fourth-order valence-electron chi connectivity index (χ4n) is 4.31. The van der Waals surface area contributed by atoms with Crippen molar-refractivity contribution in [3.8, 4) is 0 Å². The third kappa shape index (κ3) is 4.53. The Labute approximate surface area is 193 Å². The van der Waals surface area contributed by atoms with Crippen LogP contribution in [-0.2, 0) is 0 Å². The lowest BCUT2D eigenvalue weighted by Crippen LogP contribution is -2.59. The van der Waals surface area contributed by atoms with E-state index in [0.29, 0.717) is 13.1 Å². The Morgan fingerprint density at radius 2 is 2.00 bits per heavy atom. The highest BCUT2D eigenvalue weighted by Gasteiger charge is 2.29. The van der Waals surface area contributed by atoms with Gasteiger partial charge in [0.15, 0.2) is 0 Å². The van der Waals surface area contributed by atoms with Crippen LogP contribution in [0.15, 0.2) is 58.1 Å². The maximum absolute atomic E-state index is 13.6. The lowest BCUT2D eigenvalue weighted by Gasteiger charge is -2.49. The first kappa shape index (κ1) is 22.1. The number of pyridine rings is 2. The number of quaternary nitrogens is 1. The van der Waals surface area contributed by atoms with Gasteiger partial charge in [0.05, 0.1) is 31.6 Å². The number of nitrogens with one attached hydrogen (secondary N) is 1. The van der Waals surface area contributed by atoms with Crippen molar-refractivity contribution in [3.05, 3.63) is 70.5 Å². The number of hydrogen-bond acceptors (Lipinski definition) is 9. The number of aliphatic hydroxyl groups excluding tert-OH is 1. The highest BCUT2D eigenvalue weighted by molar-refractivity contribution is 5.91. The number of hydroxylamine groups is 3. The maximum atomic E-state index is 13.6. The number of hydrogen-bond donors (Lipinski definition) is 2. The summed E-state index contributed by atoms with van der Waals surface area (Å²) in [5.41, 5.74) is 0.180. The smallest absolute Gasteiger partial charge is 0.441 e. The van der Waals surface area contributed by atoms with Crippen molar-refractivity contribution in [1.29, 1.82) is 0 Å². The Balaban J connectivity index is 1.22. The lowest BCUT2D eigenvalue weighted by molar-refractivity contribution is -0.884. The molecule has 1 aliphatic heterocycles. The van der Waals surface area contributed by atoms with Crippen LogP contribution in [0.25, 0.3) is 21.7 Å². The van der Waals surface area contributed by atoms with Crippen LogP contribution >= 0.6 is 0 Å². The third-order valence-corrected chi connectivity index (χ3v) is 6.05. The highest BCUT2D eigenvalue weighted by atomic mass is 19.1. The predicted octanol–water partition coefficient (Wildman–Crippen LogP) is 1.88. The number of rotatable bonds is 6. The molecule has 0 radical (unpaired) electrons. The van der Waals surface area contributed by atoms with E-state index in [4.69, 9.17) is 4.42 Å². The molecule has 0 saturated carbocycles. The Morgan fingerprint density at radius 1 is 1.21 bits per heavy atom. The topological polar surface area (TPSA) is 127 Å². The van der Waals surface area contributed by atoms with Gasteiger partial charge in [-0.05, 0) is 35.7 Å². The number of aromatic nitrogens is 3. The molecule has 1 aromatic carbocycles. The van der Waals surface area contributed by atoms with Crippen molar-refractivity contribution in [2.75, 3.05) is 49.5 Å². The Morgan fingerprint density at radius 3 is 2.82 bits per heavy atom. The molecule has 0 amide bonds. The number of nitrogens with zero attached hydrogens (tertiary/aromatic N) is 5. The Kier molecular flexibility index (Phi) is 5.82. The molecule has 1 aliphatic rings. The summed E-state index contributed by atoms with van der Waals surface area (Å²) < 4.78 is 18.1. The van der Waals surface area contributed by atoms with Crippen LogP contribution in [0.5, 0.6) is 0 Å². The van der Waals surface area contributed by atoms with Crippen molar-refractivity contribution in [3.63, 3.8) is 0 Å². The molecule has 0 spiro atoms. The fraction of sp³-hybridized carbons (Fsp3) is 0.304. The van der Waals surface area contributed by atoms with Gasteiger partial charge in [0, 0.05) is 30.5 Å². The minimum atomic E-state index is -0.999. The normalized spacial score (nSPS) is 16.6. The zero-order valence-corrected chi connectivity index (χ0v) is 18.2. The van der Waals surface area contributed by atoms with Gasteiger partial charge < -0.3 is 29.6 Å². The summed E-state index contributed by atoms with van der Waals surface area (Å²) in [4.78, 5) is 26.2. The van der Waals surface area contributed by atoms with Crippen molar-refractivity contribution >= 4 is 33.4 Å². The first-order chi connectivity index (χ1) is 16.4. The van der Waals surface area contributed by atoms with Gasteiger partial charge in [0.2, 0.25) is 0 Å². The number of fused-ring (bicyclic) bond motifs is 2. The van der Waals surface area contributed by atoms with E-state index in [2.05, 4.69) is 25.2 Å². The average Bonchev–Trinajstić information content (AvgIpc) is 2.83. The molecular weight excluding hydrogens is 443 g/mol. The number of piperazine rings is 1. The van der Waals surface area contributed by atoms with Crippen LogP contribution < -0.4 is 16.0 Å². The van der Waals surface area contributed by atoms with E-state index < -0.39 is 22.3 Å². The molecule has 0 aliphatic carbocycles. The third-order valence-electron chi connectivity index (χ3n) is 6.05. The Bertz CT molecular complexity index is 1380. The number of anilines is 2. The van der Waals surface area contributed by atoms with Crippen molar-refractivity contribution in [2.45, 2.75) is 6.10 Å². The fourth-order valence-corrected chi connectivity index (χ4v) is 4.31. The number of halogens is 1. The van der Waals surface area contributed by atoms with Crippen molar-refractivity contribution in [2.24, 2.45) is 0 Å². The first-order valence-corrected chi connectivity index (χ1v) is 10.9. The van der Waals surface area contributed by atoms with E-state index in [1.807, 2.05) is 12.1 Å². The molecule has 1 atom stereocenters. The Hall–Kier alpha value is -3.67. The van der Waals surface area contributed by atoms with Gasteiger partial charge in [-0.3, -0.25) is 4.98 Å². The van der Waals surface area contributed by atoms with Crippen LogP contribution in [0.4, 0.5) is 16.0 Å². The minimum Gasteiger partial charge on any atom is -0.633 e. The summed E-state index contributed by atoms with van der Waals surface area (Å²) in [5, 5.41) is 28.9. The van der Waals surface area contributed by atoms with Gasteiger partial charge in [0.25, 0.3) is 0 Å². The maximum Gasteiger partial charge on any atom is 0.441 e. The van der Waals surface area contributed by atoms with Gasteiger partial charge in [-0.15, -0.1) is 0 Å². The van der Waals surface area contributed by atoms with E-state index in [1.165, 1.54) is 18.2 Å². The molecule has 0 bridgehead atoms. The van der Waals surface area contributed by atoms with E-state index in [0.717, 1.165) is 16.6 Å². The van der Waals surface area contributed by atoms with Crippen LogP contribution in [0.1, 0.15) is 0 Å². The summed E-state index contributed by atoms with van der Waals surface area (Å²) in [6.07, 6.45) is 4.25. The van der Waals surface area contributed by atoms with Crippen LogP contribution in [-0.4, -0.2) is 70.1 Å². The quantitative estimate of drug-likeness (QED) is 0.323. The largest absolute Gasteiger partial charge is 0.633 e. The zero-order chi connectivity index (χ0) is 23.7. The van der Waals surface area contributed by atoms with E-state index >= 15 is 0 Å². The highest BCUT2D eigenvalue weighted by Crippen LogP contribution is 2.26. The van der Waals surface area contributed by atoms with E-state index in [1.54, 1.807) is 18.6 Å². The molecule has 4 heterocycles. The number of aliphatic hydroxyl groups is 1. The van der Waals surface area contributed by atoms with Crippen molar-refractivity contribution < 1.29 is 18.6 Å². The predicted molar refractivity (Wildman–Crippen MR) is 125 cm³/mol. The number of benzene rings is 1. The second kappa shape index (κ2) is 8.93. The monoisotopic (exact) mass is 466 g/mol. The van der Waals surface area contributed by atoms with Crippen LogP contribution in [0, 0.1) is 11.0 Å². The lowest BCUT2D eigenvalue weighted by atomic mass is 10.2. The van der Waals surface area contributed by atoms with Gasteiger partial charge in [-0.1, -0.05) is 0 Å². The van der Waals surface area contributed by atoms with Gasteiger partial charge in [0.1, 0.15) is 35.7 Å². The molecule has 10 nitrogen and oxygen atoms in total. The summed E-state index contributed by atoms with van der Waals surface area (Å²) in [6.45, 7) is 1.52. The molecule has 176 valence electrons. The van der Waals surface area contributed by atoms with E-state index in [9.17, 15) is 19.5 Å². The molecule has 11 heteroatoms. The molecule has 5 rings (SSSR count). The van der Waals surface area contributed by atoms with E-state index in [-0.39, 0.29) is 43.0 Å². The second-order valence-corrected chi connectivity index (χ2v) is 8.41. The molecule has 2 N–H and O–H groups in total. The minimum absolute atomic E-state index is 0.0232. The molecule has 34 heavy (non-hydrogen) atoms. The van der Waals surface area contributed by atoms with Gasteiger partial charge >= 0.3 is 5.76 Å².